The summed E-state index contributed by atoms with van der Waals surface area (Å²) in [7, 11) is -1.82. The van der Waals surface area contributed by atoms with E-state index in [2.05, 4.69) is 20.2 Å². The van der Waals surface area contributed by atoms with E-state index in [1.165, 1.54) is 0 Å². The van der Waals surface area contributed by atoms with Crippen molar-refractivity contribution in [2.75, 3.05) is 7.05 Å². The number of nitrogens with one attached hydrogen (secondary N) is 3. The van der Waals surface area contributed by atoms with Crippen LogP contribution in [0.1, 0.15) is 22.5 Å². The predicted molar refractivity (Wildman–Crippen MR) is 79.2 cm³/mol. The monoisotopic (exact) mass is 314 g/mol. The molecule has 3 N–H and O–H groups in total. The first-order chi connectivity index (χ1) is 9.45. The molecule has 0 saturated heterocycles. The van der Waals surface area contributed by atoms with Crippen LogP contribution < -0.4 is 10.0 Å². The first kappa shape index (κ1) is 15.2. The number of aromatic amines is 1. The zero-order valence-electron chi connectivity index (χ0n) is 11.6. The second kappa shape index (κ2) is 6.04. The van der Waals surface area contributed by atoms with E-state index in [9.17, 15) is 8.42 Å². The Labute approximate surface area is 122 Å². The van der Waals surface area contributed by atoms with Crippen molar-refractivity contribution in [3.05, 3.63) is 33.3 Å². The molecule has 0 aliphatic rings. The number of H-pyrrole nitrogens is 1. The lowest BCUT2D eigenvalue weighted by Crippen LogP contribution is -2.25. The van der Waals surface area contributed by atoms with Gasteiger partial charge in [-0.1, -0.05) is 0 Å². The van der Waals surface area contributed by atoms with Crippen LogP contribution >= 0.6 is 11.3 Å². The van der Waals surface area contributed by atoms with E-state index in [4.69, 9.17) is 0 Å². The van der Waals surface area contributed by atoms with Crippen LogP contribution in [0, 0.1) is 13.8 Å². The van der Waals surface area contributed by atoms with Crippen molar-refractivity contribution >= 4 is 21.4 Å². The van der Waals surface area contributed by atoms with Crippen molar-refractivity contribution in [3.8, 4) is 0 Å². The topological polar surface area (TPSA) is 86.9 Å². The number of aromatic nitrogens is 2. The van der Waals surface area contributed by atoms with E-state index in [0.29, 0.717) is 24.5 Å². The molecule has 0 aliphatic carbocycles. The molecule has 0 saturated carbocycles. The summed E-state index contributed by atoms with van der Waals surface area (Å²) in [4.78, 5) is 0.236. The molecule has 0 atom stereocenters. The maximum absolute atomic E-state index is 12.4. The number of nitrogens with zero attached hydrogens (tertiary/aromatic N) is 1. The summed E-state index contributed by atoms with van der Waals surface area (Å²) in [5.74, 6) is 0. The number of rotatable bonds is 6. The molecular formula is C12H18N4O2S2. The molecule has 2 heterocycles. The number of hydrogen-bond donors (Lipinski definition) is 3. The van der Waals surface area contributed by atoms with Gasteiger partial charge in [0.1, 0.15) is 4.90 Å². The zero-order valence-corrected chi connectivity index (χ0v) is 13.3. The molecule has 6 nitrogen and oxygen atoms in total. The Bertz CT molecular complexity index is 688. The van der Waals surface area contributed by atoms with E-state index in [0.717, 1.165) is 11.1 Å². The molecule has 2 aromatic heterocycles. The van der Waals surface area contributed by atoms with Crippen LogP contribution in [-0.4, -0.2) is 25.7 Å². The van der Waals surface area contributed by atoms with E-state index in [1.54, 1.807) is 25.3 Å². The fraction of sp³-hybridized carbons (Fsp3) is 0.417. The standard InChI is InChI=1S/C12H18N4O2S2/c1-8-6-19-7-10(8)4-14-20(17,18)12-9(2)15-16-11(12)5-13-3/h6-7,13-14H,4-5H2,1-3H3,(H,15,16). The van der Waals surface area contributed by atoms with Crippen molar-refractivity contribution in [1.29, 1.82) is 0 Å². The second-order valence-corrected chi connectivity index (χ2v) is 7.01. The molecular weight excluding hydrogens is 296 g/mol. The molecule has 0 amide bonds. The summed E-state index contributed by atoms with van der Waals surface area (Å²) in [6, 6.07) is 0. The molecule has 20 heavy (non-hydrogen) atoms. The average molecular weight is 314 g/mol. The predicted octanol–water partition coefficient (Wildman–Crippen LogP) is 1.29. The first-order valence-electron chi connectivity index (χ1n) is 6.15. The lowest BCUT2D eigenvalue weighted by molar-refractivity contribution is 0.578. The molecule has 0 radical (unpaired) electrons. The molecule has 110 valence electrons. The van der Waals surface area contributed by atoms with Gasteiger partial charge in [0.25, 0.3) is 0 Å². The Kier molecular flexibility index (Phi) is 4.59. The largest absolute Gasteiger partial charge is 0.314 e. The molecule has 0 aliphatic heterocycles. The number of sulfonamides is 1. The van der Waals surface area contributed by atoms with Crippen LogP contribution in [0.2, 0.25) is 0 Å². The molecule has 0 bridgehead atoms. The lowest BCUT2D eigenvalue weighted by Gasteiger charge is -2.08. The molecule has 0 fully saturated rings. The van der Waals surface area contributed by atoms with Gasteiger partial charge < -0.3 is 5.32 Å². The Morgan fingerprint density at radius 3 is 2.65 bits per heavy atom. The Morgan fingerprint density at radius 1 is 1.30 bits per heavy atom. The zero-order chi connectivity index (χ0) is 14.8. The van der Waals surface area contributed by atoms with Gasteiger partial charge in [-0.25, -0.2) is 13.1 Å². The van der Waals surface area contributed by atoms with Crippen LogP contribution in [0.3, 0.4) is 0 Å². The Balaban J connectivity index is 2.22. The van der Waals surface area contributed by atoms with Crippen LogP contribution in [0.4, 0.5) is 0 Å². The number of aryl methyl sites for hydroxylation is 2. The number of hydrogen-bond acceptors (Lipinski definition) is 5. The van der Waals surface area contributed by atoms with Gasteiger partial charge in [0.2, 0.25) is 10.0 Å². The van der Waals surface area contributed by atoms with Crippen LogP contribution in [0.15, 0.2) is 15.7 Å². The average Bonchev–Trinajstić information content (AvgIpc) is 2.94. The highest BCUT2D eigenvalue weighted by Crippen LogP contribution is 2.19. The van der Waals surface area contributed by atoms with Gasteiger partial charge in [-0.3, -0.25) is 5.10 Å². The molecule has 0 unspecified atom stereocenters. The minimum atomic E-state index is -3.57. The van der Waals surface area contributed by atoms with Crippen molar-refractivity contribution in [2.24, 2.45) is 0 Å². The highest BCUT2D eigenvalue weighted by atomic mass is 32.2. The Hall–Kier alpha value is -1.22. The lowest BCUT2D eigenvalue weighted by atomic mass is 10.2. The van der Waals surface area contributed by atoms with E-state index in [1.807, 2.05) is 17.7 Å². The van der Waals surface area contributed by atoms with Gasteiger partial charge in [-0.15, -0.1) is 0 Å². The first-order valence-corrected chi connectivity index (χ1v) is 8.58. The van der Waals surface area contributed by atoms with Gasteiger partial charge in [0.15, 0.2) is 0 Å². The summed E-state index contributed by atoms with van der Waals surface area (Å²) < 4.78 is 27.5. The molecule has 8 heteroatoms. The maximum Gasteiger partial charge on any atom is 0.244 e. The Morgan fingerprint density at radius 2 is 2.05 bits per heavy atom. The summed E-state index contributed by atoms with van der Waals surface area (Å²) in [5.41, 5.74) is 3.14. The second-order valence-electron chi connectivity index (χ2n) is 4.56. The minimum absolute atomic E-state index is 0.236. The minimum Gasteiger partial charge on any atom is -0.314 e. The normalized spacial score (nSPS) is 11.9. The van der Waals surface area contributed by atoms with Gasteiger partial charge >= 0.3 is 0 Å². The van der Waals surface area contributed by atoms with Gasteiger partial charge in [-0.05, 0) is 42.8 Å². The van der Waals surface area contributed by atoms with Gasteiger partial charge in [0.05, 0.1) is 11.4 Å². The quantitative estimate of drug-likeness (QED) is 0.750. The summed E-state index contributed by atoms with van der Waals surface area (Å²) in [6.07, 6.45) is 0. The maximum atomic E-state index is 12.4. The molecule has 0 aromatic carbocycles. The SMILES string of the molecule is CNCc1n[nH]c(C)c1S(=O)(=O)NCc1cscc1C. The van der Waals surface area contributed by atoms with Crippen molar-refractivity contribution in [3.63, 3.8) is 0 Å². The third kappa shape index (κ3) is 3.09. The number of thiophene rings is 1. The fourth-order valence-corrected chi connectivity index (χ4v) is 4.15. The molecule has 2 rings (SSSR count). The van der Waals surface area contributed by atoms with Gasteiger partial charge in [-0.2, -0.15) is 16.4 Å². The fourth-order valence-electron chi connectivity index (χ4n) is 1.93. The van der Waals surface area contributed by atoms with E-state index in [-0.39, 0.29) is 4.90 Å². The van der Waals surface area contributed by atoms with Crippen LogP contribution in [0.5, 0.6) is 0 Å². The van der Waals surface area contributed by atoms with E-state index < -0.39 is 10.0 Å². The van der Waals surface area contributed by atoms with Crippen molar-refractivity contribution in [1.82, 2.24) is 20.2 Å². The van der Waals surface area contributed by atoms with E-state index >= 15 is 0 Å². The van der Waals surface area contributed by atoms with Gasteiger partial charge in [0, 0.05) is 13.1 Å². The molecule has 0 spiro atoms. The van der Waals surface area contributed by atoms with Crippen LogP contribution in [0.25, 0.3) is 0 Å². The van der Waals surface area contributed by atoms with Crippen molar-refractivity contribution < 1.29 is 8.42 Å². The summed E-state index contributed by atoms with van der Waals surface area (Å²) in [5, 5.41) is 13.6. The van der Waals surface area contributed by atoms with Crippen molar-refractivity contribution in [2.45, 2.75) is 31.8 Å². The highest BCUT2D eigenvalue weighted by Gasteiger charge is 2.23. The highest BCUT2D eigenvalue weighted by molar-refractivity contribution is 7.89. The summed E-state index contributed by atoms with van der Waals surface area (Å²) >= 11 is 1.57. The third-order valence-corrected chi connectivity index (χ3v) is 5.50. The van der Waals surface area contributed by atoms with Crippen LogP contribution in [-0.2, 0) is 23.1 Å². The molecule has 2 aromatic rings. The smallest absolute Gasteiger partial charge is 0.244 e. The third-order valence-electron chi connectivity index (χ3n) is 2.99. The summed E-state index contributed by atoms with van der Waals surface area (Å²) in [6.45, 7) is 4.37.